The van der Waals surface area contributed by atoms with E-state index in [1.807, 2.05) is 30.3 Å². The molecule has 0 aliphatic heterocycles. The van der Waals surface area contributed by atoms with Gasteiger partial charge in [0.2, 0.25) is 0 Å². The number of fused-ring (bicyclic) bond motifs is 1. The van der Waals surface area contributed by atoms with Crippen LogP contribution in [0.15, 0.2) is 53.6 Å². The molecule has 27 heavy (non-hydrogen) atoms. The lowest BCUT2D eigenvalue weighted by Gasteiger charge is -2.18. The number of benzene rings is 1. The van der Waals surface area contributed by atoms with E-state index in [1.54, 1.807) is 37.5 Å². The van der Waals surface area contributed by atoms with Crippen LogP contribution in [0.5, 0.6) is 0 Å². The zero-order chi connectivity index (χ0) is 18.8. The normalized spacial score (nSPS) is 10.9. The summed E-state index contributed by atoms with van der Waals surface area (Å²) in [5.41, 5.74) is 4.17. The highest BCUT2D eigenvalue weighted by atomic mass is 16.6. The molecule has 0 atom stereocenters. The molecule has 0 radical (unpaired) electrons. The van der Waals surface area contributed by atoms with E-state index in [0.717, 1.165) is 11.1 Å². The summed E-state index contributed by atoms with van der Waals surface area (Å²) in [4.78, 5) is 27.3. The van der Waals surface area contributed by atoms with Crippen molar-refractivity contribution in [1.82, 2.24) is 30.2 Å². The minimum Gasteiger partial charge on any atom is -0.337 e. The molecule has 8 nitrogen and oxygen atoms in total. The van der Waals surface area contributed by atoms with Crippen molar-refractivity contribution in [2.24, 2.45) is 0 Å². The van der Waals surface area contributed by atoms with Crippen molar-refractivity contribution < 1.29 is 9.42 Å². The standard InChI is InChI=1S/C19H16N6O2/c1-12-15(10-21-18(22-12)14-4-3-7-20-9-14)19(26)25(2)11-13-5-6-16-17(8-13)24-27-23-16/h3-10H,11H2,1-2H3. The van der Waals surface area contributed by atoms with E-state index < -0.39 is 0 Å². The molecule has 0 unspecified atom stereocenters. The number of hydrogen-bond acceptors (Lipinski definition) is 7. The lowest BCUT2D eigenvalue weighted by molar-refractivity contribution is 0.0783. The fourth-order valence-corrected chi connectivity index (χ4v) is 2.79. The van der Waals surface area contributed by atoms with Gasteiger partial charge in [0, 0.05) is 37.7 Å². The summed E-state index contributed by atoms with van der Waals surface area (Å²) < 4.78 is 4.70. The highest BCUT2D eigenvalue weighted by molar-refractivity contribution is 5.95. The summed E-state index contributed by atoms with van der Waals surface area (Å²) in [6.07, 6.45) is 4.95. The number of rotatable bonds is 4. The number of amides is 1. The number of carbonyl (C=O) groups excluding carboxylic acids is 1. The molecule has 0 aliphatic rings. The molecule has 0 saturated heterocycles. The summed E-state index contributed by atoms with van der Waals surface area (Å²) in [6.45, 7) is 2.22. The zero-order valence-corrected chi connectivity index (χ0v) is 14.8. The van der Waals surface area contributed by atoms with Crippen molar-refractivity contribution in [3.05, 3.63) is 65.7 Å². The lowest BCUT2D eigenvalue weighted by atomic mass is 10.1. The quantitative estimate of drug-likeness (QED) is 0.552. The Labute approximate surface area is 154 Å². The van der Waals surface area contributed by atoms with Crippen molar-refractivity contribution in [2.75, 3.05) is 7.05 Å². The van der Waals surface area contributed by atoms with E-state index in [1.165, 1.54) is 0 Å². The van der Waals surface area contributed by atoms with E-state index in [4.69, 9.17) is 4.63 Å². The molecule has 0 aliphatic carbocycles. The van der Waals surface area contributed by atoms with Gasteiger partial charge in [0.25, 0.3) is 5.91 Å². The highest BCUT2D eigenvalue weighted by Gasteiger charge is 2.17. The van der Waals surface area contributed by atoms with Gasteiger partial charge in [-0.2, -0.15) is 0 Å². The second-order valence-corrected chi connectivity index (χ2v) is 6.18. The predicted molar refractivity (Wildman–Crippen MR) is 97.6 cm³/mol. The van der Waals surface area contributed by atoms with Crippen LogP contribution in [0.1, 0.15) is 21.6 Å². The molecular formula is C19H16N6O2. The summed E-state index contributed by atoms with van der Waals surface area (Å²) in [5, 5.41) is 7.61. The van der Waals surface area contributed by atoms with Crippen LogP contribution in [0.25, 0.3) is 22.4 Å². The molecular weight excluding hydrogens is 344 g/mol. The number of hydrogen-bond donors (Lipinski definition) is 0. The molecule has 8 heteroatoms. The molecule has 1 amide bonds. The van der Waals surface area contributed by atoms with Gasteiger partial charge in [-0.05, 0) is 47.1 Å². The largest absolute Gasteiger partial charge is 0.337 e. The van der Waals surface area contributed by atoms with Crippen LogP contribution in [0.4, 0.5) is 0 Å². The van der Waals surface area contributed by atoms with Crippen LogP contribution in [0, 0.1) is 6.92 Å². The van der Waals surface area contributed by atoms with Crippen molar-refractivity contribution in [3.8, 4) is 11.4 Å². The number of aromatic nitrogens is 5. The average Bonchev–Trinajstić information content (AvgIpc) is 3.16. The Morgan fingerprint density at radius 1 is 1.15 bits per heavy atom. The molecule has 0 N–H and O–H groups in total. The molecule has 134 valence electrons. The van der Waals surface area contributed by atoms with Crippen LogP contribution >= 0.6 is 0 Å². The number of aryl methyl sites for hydroxylation is 1. The average molecular weight is 360 g/mol. The van der Waals surface area contributed by atoms with Gasteiger partial charge in [-0.25, -0.2) is 14.6 Å². The van der Waals surface area contributed by atoms with E-state index in [0.29, 0.717) is 34.7 Å². The highest BCUT2D eigenvalue weighted by Crippen LogP contribution is 2.17. The first kappa shape index (κ1) is 16.8. The Morgan fingerprint density at radius 2 is 2.00 bits per heavy atom. The van der Waals surface area contributed by atoms with Crippen molar-refractivity contribution in [1.29, 1.82) is 0 Å². The Morgan fingerprint density at radius 3 is 2.78 bits per heavy atom. The van der Waals surface area contributed by atoms with Gasteiger partial charge in [-0.1, -0.05) is 6.07 Å². The van der Waals surface area contributed by atoms with Gasteiger partial charge in [0.05, 0.1) is 11.3 Å². The number of carbonyl (C=O) groups is 1. The molecule has 0 fully saturated rings. The molecule has 4 rings (SSSR count). The van der Waals surface area contributed by atoms with Crippen molar-refractivity contribution in [2.45, 2.75) is 13.5 Å². The topological polar surface area (TPSA) is 97.9 Å². The molecule has 0 spiro atoms. The Bertz CT molecular complexity index is 1110. The SMILES string of the molecule is Cc1nc(-c2cccnc2)ncc1C(=O)N(C)Cc1ccc2nonc2c1. The molecule has 1 aromatic carbocycles. The van der Waals surface area contributed by atoms with Gasteiger partial charge in [-0.3, -0.25) is 9.78 Å². The second kappa shape index (κ2) is 6.91. The third-order valence-corrected chi connectivity index (χ3v) is 4.21. The zero-order valence-electron chi connectivity index (χ0n) is 14.8. The third kappa shape index (κ3) is 3.37. The Hall–Kier alpha value is -3.68. The Kier molecular flexibility index (Phi) is 4.29. The first-order valence-electron chi connectivity index (χ1n) is 8.32. The fourth-order valence-electron chi connectivity index (χ4n) is 2.79. The summed E-state index contributed by atoms with van der Waals surface area (Å²) in [5.74, 6) is 0.396. The van der Waals surface area contributed by atoms with E-state index >= 15 is 0 Å². The summed E-state index contributed by atoms with van der Waals surface area (Å²) in [6, 6.07) is 9.26. The fraction of sp³-hybridized carbons (Fsp3) is 0.158. The van der Waals surface area contributed by atoms with Crippen molar-refractivity contribution >= 4 is 16.9 Å². The van der Waals surface area contributed by atoms with Crippen LogP contribution < -0.4 is 0 Å². The maximum atomic E-state index is 12.8. The number of pyridine rings is 1. The molecule has 0 saturated carbocycles. The first-order chi connectivity index (χ1) is 13.1. The lowest BCUT2D eigenvalue weighted by Crippen LogP contribution is -2.27. The maximum Gasteiger partial charge on any atom is 0.257 e. The summed E-state index contributed by atoms with van der Waals surface area (Å²) in [7, 11) is 1.74. The minimum atomic E-state index is -0.149. The second-order valence-electron chi connectivity index (χ2n) is 6.18. The van der Waals surface area contributed by atoms with Gasteiger partial charge in [0.15, 0.2) is 5.82 Å². The van der Waals surface area contributed by atoms with Crippen LogP contribution in [0.3, 0.4) is 0 Å². The monoisotopic (exact) mass is 360 g/mol. The Balaban J connectivity index is 1.54. The van der Waals surface area contributed by atoms with E-state index in [2.05, 4.69) is 25.3 Å². The molecule has 3 aromatic heterocycles. The van der Waals surface area contributed by atoms with E-state index in [-0.39, 0.29) is 5.91 Å². The van der Waals surface area contributed by atoms with Gasteiger partial charge in [0.1, 0.15) is 11.0 Å². The predicted octanol–water partition coefficient (Wildman–Crippen LogP) is 2.66. The van der Waals surface area contributed by atoms with E-state index in [9.17, 15) is 4.79 Å². The molecule has 4 aromatic rings. The van der Waals surface area contributed by atoms with Crippen LogP contribution in [-0.4, -0.2) is 43.1 Å². The van der Waals surface area contributed by atoms with Crippen LogP contribution in [-0.2, 0) is 6.54 Å². The smallest absolute Gasteiger partial charge is 0.257 e. The van der Waals surface area contributed by atoms with Gasteiger partial charge < -0.3 is 4.90 Å². The number of nitrogens with zero attached hydrogens (tertiary/aromatic N) is 6. The van der Waals surface area contributed by atoms with Crippen LogP contribution in [0.2, 0.25) is 0 Å². The van der Waals surface area contributed by atoms with Gasteiger partial charge >= 0.3 is 0 Å². The van der Waals surface area contributed by atoms with Crippen molar-refractivity contribution in [3.63, 3.8) is 0 Å². The third-order valence-electron chi connectivity index (χ3n) is 4.21. The molecule has 0 bridgehead atoms. The minimum absolute atomic E-state index is 0.149. The maximum absolute atomic E-state index is 12.8. The first-order valence-corrected chi connectivity index (χ1v) is 8.32. The van der Waals surface area contributed by atoms with Gasteiger partial charge in [-0.15, -0.1) is 0 Å². The summed E-state index contributed by atoms with van der Waals surface area (Å²) >= 11 is 0. The molecule has 3 heterocycles.